The Morgan fingerprint density at radius 1 is 1.14 bits per heavy atom. The van der Waals surface area contributed by atoms with Crippen molar-refractivity contribution in [3.8, 4) is 11.5 Å². The molecule has 2 aromatic heterocycles. The Bertz CT molecular complexity index is 781. The summed E-state index contributed by atoms with van der Waals surface area (Å²) in [5.74, 6) is 1.18. The summed E-state index contributed by atoms with van der Waals surface area (Å²) in [6.45, 7) is 2.32. The number of aryl methyl sites for hydroxylation is 1. The molecule has 0 atom stereocenters. The van der Waals surface area contributed by atoms with E-state index >= 15 is 0 Å². The Labute approximate surface area is 128 Å². The van der Waals surface area contributed by atoms with Gasteiger partial charge in [0.25, 0.3) is 5.91 Å². The molecule has 0 saturated heterocycles. The summed E-state index contributed by atoms with van der Waals surface area (Å²) in [7, 11) is 0. The number of rotatable bonds is 4. The first-order valence-corrected chi connectivity index (χ1v) is 6.93. The van der Waals surface area contributed by atoms with Crippen molar-refractivity contribution in [1.29, 1.82) is 0 Å². The van der Waals surface area contributed by atoms with E-state index in [0.29, 0.717) is 23.7 Å². The SMILES string of the molecule is Cc1ccc(-c2cc(C(=O)NCc3ccccc3)ncn2)o1. The van der Waals surface area contributed by atoms with Crippen LogP contribution in [0.25, 0.3) is 11.5 Å². The van der Waals surface area contributed by atoms with E-state index in [2.05, 4.69) is 15.3 Å². The Morgan fingerprint density at radius 3 is 2.68 bits per heavy atom. The molecule has 3 rings (SSSR count). The van der Waals surface area contributed by atoms with Gasteiger partial charge in [-0.25, -0.2) is 9.97 Å². The number of nitrogens with zero attached hydrogens (tertiary/aromatic N) is 2. The number of aromatic nitrogens is 2. The Balaban J connectivity index is 1.73. The second-order valence-electron chi connectivity index (χ2n) is 4.87. The molecular weight excluding hydrogens is 278 g/mol. The fourth-order valence-corrected chi connectivity index (χ4v) is 2.06. The molecule has 0 aliphatic carbocycles. The number of benzene rings is 1. The molecule has 110 valence electrons. The lowest BCUT2D eigenvalue weighted by Gasteiger charge is -2.05. The largest absolute Gasteiger partial charge is 0.460 e. The zero-order chi connectivity index (χ0) is 15.4. The fraction of sp³-hybridized carbons (Fsp3) is 0.118. The standard InChI is InChI=1S/C17H15N3O2/c1-12-7-8-16(22-12)14-9-15(20-11-19-14)17(21)18-10-13-5-3-2-4-6-13/h2-9,11H,10H2,1H3,(H,18,21). The number of hydrogen-bond acceptors (Lipinski definition) is 4. The number of furan rings is 1. The van der Waals surface area contributed by atoms with E-state index in [0.717, 1.165) is 11.3 Å². The van der Waals surface area contributed by atoms with Crippen LogP contribution >= 0.6 is 0 Å². The lowest BCUT2D eigenvalue weighted by Crippen LogP contribution is -2.23. The van der Waals surface area contributed by atoms with Gasteiger partial charge in [-0.1, -0.05) is 30.3 Å². The molecule has 1 aromatic carbocycles. The Morgan fingerprint density at radius 2 is 1.95 bits per heavy atom. The van der Waals surface area contributed by atoms with Crippen molar-refractivity contribution in [2.24, 2.45) is 0 Å². The minimum absolute atomic E-state index is 0.240. The van der Waals surface area contributed by atoms with Gasteiger partial charge in [-0.15, -0.1) is 0 Å². The average molecular weight is 293 g/mol. The summed E-state index contributed by atoms with van der Waals surface area (Å²) < 4.78 is 5.51. The van der Waals surface area contributed by atoms with Crippen LogP contribution in [0.1, 0.15) is 21.8 Å². The molecule has 5 nitrogen and oxygen atoms in total. The molecule has 22 heavy (non-hydrogen) atoms. The van der Waals surface area contributed by atoms with Crippen LogP contribution in [0.5, 0.6) is 0 Å². The highest BCUT2D eigenvalue weighted by molar-refractivity contribution is 5.92. The second kappa shape index (κ2) is 6.22. The average Bonchev–Trinajstić information content (AvgIpc) is 3.00. The van der Waals surface area contributed by atoms with Gasteiger partial charge in [0.05, 0.1) is 0 Å². The van der Waals surface area contributed by atoms with Crippen molar-refractivity contribution < 1.29 is 9.21 Å². The monoisotopic (exact) mass is 293 g/mol. The molecule has 3 aromatic rings. The first-order valence-electron chi connectivity index (χ1n) is 6.93. The van der Waals surface area contributed by atoms with Crippen molar-refractivity contribution in [1.82, 2.24) is 15.3 Å². The van der Waals surface area contributed by atoms with Crippen LogP contribution < -0.4 is 5.32 Å². The predicted molar refractivity (Wildman–Crippen MR) is 82.1 cm³/mol. The zero-order valence-electron chi connectivity index (χ0n) is 12.1. The molecule has 1 amide bonds. The summed E-state index contributed by atoms with van der Waals surface area (Å²) in [5.41, 5.74) is 1.94. The molecule has 0 radical (unpaired) electrons. The number of carbonyl (C=O) groups excluding carboxylic acids is 1. The molecule has 2 heterocycles. The molecule has 0 bridgehead atoms. The molecule has 0 aliphatic heterocycles. The maximum atomic E-state index is 12.2. The summed E-state index contributed by atoms with van der Waals surface area (Å²) in [6, 6.07) is 15.0. The van der Waals surface area contributed by atoms with Crippen molar-refractivity contribution >= 4 is 5.91 Å². The number of carbonyl (C=O) groups is 1. The van der Waals surface area contributed by atoms with E-state index in [1.165, 1.54) is 6.33 Å². The summed E-state index contributed by atoms with van der Waals surface area (Å²) in [4.78, 5) is 20.3. The van der Waals surface area contributed by atoms with Gasteiger partial charge in [0.15, 0.2) is 5.76 Å². The highest BCUT2D eigenvalue weighted by Crippen LogP contribution is 2.19. The van der Waals surface area contributed by atoms with E-state index < -0.39 is 0 Å². The minimum atomic E-state index is -0.240. The highest BCUT2D eigenvalue weighted by atomic mass is 16.3. The zero-order valence-corrected chi connectivity index (χ0v) is 12.1. The molecule has 1 N–H and O–H groups in total. The van der Waals surface area contributed by atoms with Gasteiger partial charge in [0.2, 0.25) is 0 Å². The van der Waals surface area contributed by atoms with Crippen molar-refractivity contribution in [3.63, 3.8) is 0 Å². The van der Waals surface area contributed by atoms with Crippen LogP contribution in [-0.4, -0.2) is 15.9 Å². The normalized spacial score (nSPS) is 10.4. The third-order valence-corrected chi connectivity index (χ3v) is 3.19. The van der Waals surface area contributed by atoms with Gasteiger partial charge in [-0.3, -0.25) is 4.79 Å². The first-order chi connectivity index (χ1) is 10.7. The highest BCUT2D eigenvalue weighted by Gasteiger charge is 2.11. The number of nitrogens with one attached hydrogen (secondary N) is 1. The fourth-order valence-electron chi connectivity index (χ4n) is 2.06. The topological polar surface area (TPSA) is 68.0 Å². The Kier molecular flexibility index (Phi) is 3.96. The first kappa shape index (κ1) is 14.0. The van der Waals surface area contributed by atoms with E-state index in [-0.39, 0.29) is 5.91 Å². The molecule has 0 spiro atoms. The minimum Gasteiger partial charge on any atom is -0.460 e. The quantitative estimate of drug-likeness (QED) is 0.803. The van der Waals surface area contributed by atoms with Crippen LogP contribution in [-0.2, 0) is 6.54 Å². The molecule has 5 heteroatoms. The summed E-state index contributed by atoms with van der Waals surface area (Å²) >= 11 is 0. The lowest BCUT2D eigenvalue weighted by atomic mass is 10.2. The predicted octanol–water partition coefficient (Wildman–Crippen LogP) is 2.98. The summed E-state index contributed by atoms with van der Waals surface area (Å²) in [6.07, 6.45) is 1.37. The smallest absolute Gasteiger partial charge is 0.270 e. The van der Waals surface area contributed by atoms with Crippen molar-refractivity contribution in [2.75, 3.05) is 0 Å². The van der Waals surface area contributed by atoms with Crippen LogP contribution in [0, 0.1) is 6.92 Å². The third-order valence-electron chi connectivity index (χ3n) is 3.19. The van der Waals surface area contributed by atoms with Gasteiger partial charge < -0.3 is 9.73 Å². The van der Waals surface area contributed by atoms with Gasteiger partial charge >= 0.3 is 0 Å². The lowest BCUT2D eigenvalue weighted by molar-refractivity contribution is 0.0946. The molecule has 0 aliphatic rings. The van der Waals surface area contributed by atoms with Crippen molar-refractivity contribution in [3.05, 3.63) is 71.9 Å². The molecule has 0 unspecified atom stereocenters. The van der Waals surface area contributed by atoms with Crippen LogP contribution in [0.15, 0.2) is 59.3 Å². The van der Waals surface area contributed by atoms with Crippen LogP contribution in [0.2, 0.25) is 0 Å². The van der Waals surface area contributed by atoms with Gasteiger partial charge in [0, 0.05) is 6.54 Å². The van der Waals surface area contributed by atoms with E-state index in [9.17, 15) is 4.79 Å². The molecule has 0 fully saturated rings. The second-order valence-corrected chi connectivity index (χ2v) is 4.87. The van der Waals surface area contributed by atoms with Gasteiger partial charge in [0.1, 0.15) is 23.5 Å². The third kappa shape index (κ3) is 3.20. The maximum Gasteiger partial charge on any atom is 0.270 e. The van der Waals surface area contributed by atoms with Gasteiger partial charge in [-0.05, 0) is 30.7 Å². The summed E-state index contributed by atoms with van der Waals surface area (Å²) in [5, 5.41) is 2.84. The van der Waals surface area contributed by atoms with Crippen LogP contribution in [0.4, 0.5) is 0 Å². The van der Waals surface area contributed by atoms with Gasteiger partial charge in [-0.2, -0.15) is 0 Å². The number of amides is 1. The maximum absolute atomic E-state index is 12.2. The van der Waals surface area contributed by atoms with E-state index in [1.54, 1.807) is 6.07 Å². The molecule has 0 saturated carbocycles. The van der Waals surface area contributed by atoms with E-state index in [1.807, 2.05) is 49.4 Å². The van der Waals surface area contributed by atoms with Crippen LogP contribution in [0.3, 0.4) is 0 Å². The Hall–Kier alpha value is -2.95. The van der Waals surface area contributed by atoms with Crippen molar-refractivity contribution in [2.45, 2.75) is 13.5 Å². The number of hydrogen-bond donors (Lipinski definition) is 1. The van der Waals surface area contributed by atoms with E-state index in [4.69, 9.17) is 4.42 Å². The molecular formula is C17H15N3O2.